The van der Waals surface area contributed by atoms with E-state index in [1.54, 1.807) is 0 Å². The van der Waals surface area contributed by atoms with Crippen LogP contribution in [0.25, 0.3) is 0 Å². The van der Waals surface area contributed by atoms with E-state index in [1.807, 2.05) is 0 Å². The molecule has 0 aromatic carbocycles. The lowest BCUT2D eigenvalue weighted by atomic mass is 9.96. The zero-order valence-electron chi connectivity index (χ0n) is 8.78. The number of hydrogen-bond acceptors (Lipinski definition) is 5. The van der Waals surface area contributed by atoms with E-state index in [1.165, 1.54) is 21.3 Å². The smallest absolute Gasteiger partial charge is 0.323 e. The molecule has 5 heteroatoms. The summed E-state index contributed by atoms with van der Waals surface area (Å²) in [7, 11) is 4.41. The number of carbonyl (C=O) groups excluding carboxylic acids is 1. The fourth-order valence-corrected chi connectivity index (χ4v) is 1.76. The molecule has 14 heavy (non-hydrogen) atoms. The van der Waals surface area contributed by atoms with E-state index < -0.39 is 23.7 Å². The standard InChI is InChI=1S/C9H17NO4/c1-12-7(11)6(10)9(4-5-9)8(13-2)14-3/h6,8H,4-5,10H2,1-3H3. The Morgan fingerprint density at radius 2 is 1.79 bits per heavy atom. The maximum Gasteiger partial charge on any atom is 0.323 e. The summed E-state index contributed by atoms with van der Waals surface area (Å²) < 4.78 is 14.9. The maximum atomic E-state index is 11.3. The van der Waals surface area contributed by atoms with Gasteiger partial charge in [-0.25, -0.2) is 0 Å². The van der Waals surface area contributed by atoms with E-state index in [2.05, 4.69) is 4.74 Å². The molecule has 82 valence electrons. The maximum absolute atomic E-state index is 11.3. The fraction of sp³-hybridized carbons (Fsp3) is 0.889. The normalized spacial score (nSPS) is 20.6. The van der Waals surface area contributed by atoms with Crippen LogP contribution in [0.2, 0.25) is 0 Å². The number of ether oxygens (including phenoxy) is 3. The van der Waals surface area contributed by atoms with Gasteiger partial charge in [-0.2, -0.15) is 0 Å². The SMILES string of the molecule is COC(=O)C(N)C1(C(OC)OC)CC1. The molecule has 1 atom stereocenters. The van der Waals surface area contributed by atoms with Crippen molar-refractivity contribution in [3.8, 4) is 0 Å². The molecular formula is C9H17NO4. The monoisotopic (exact) mass is 203 g/mol. The Bertz CT molecular complexity index is 211. The molecule has 0 aliphatic heterocycles. The number of carbonyl (C=O) groups is 1. The first-order chi connectivity index (χ1) is 6.62. The highest BCUT2D eigenvalue weighted by molar-refractivity contribution is 5.77. The zero-order valence-corrected chi connectivity index (χ0v) is 8.78. The molecule has 0 aromatic heterocycles. The Morgan fingerprint density at radius 1 is 1.29 bits per heavy atom. The largest absolute Gasteiger partial charge is 0.468 e. The summed E-state index contributed by atoms with van der Waals surface area (Å²) in [5.74, 6) is -0.415. The van der Waals surface area contributed by atoms with Crippen molar-refractivity contribution in [2.24, 2.45) is 11.1 Å². The van der Waals surface area contributed by atoms with E-state index in [0.29, 0.717) is 0 Å². The molecular weight excluding hydrogens is 186 g/mol. The average molecular weight is 203 g/mol. The number of esters is 1. The summed E-state index contributed by atoms with van der Waals surface area (Å²) in [6.45, 7) is 0. The first-order valence-electron chi connectivity index (χ1n) is 4.51. The third kappa shape index (κ3) is 1.75. The molecule has 1 unspecified atom stereocenters. The quantitative estimate of drug-likeness (QED) is 0.498. The van der Waals surface area contributed by atoms with Crippen molar-refractivity contribution in [1.82, 2.24) is 0 Å². The van der Waals surface area contributed by atoms with E-state index in [0.717, 1.165) is 12.8 Å². The van der Waals surface area contributed by atoms with Gasteiger partial charge in [-0.3, -0.25) is 4.79 Å². The van der Waals surface area contributed by atoms with Crippen LogP contribution in [0.15, 0.2) is 0 Å². The Kier molecular flexibility index (Phi) is 3.47. The zero-order chi connectivity index (χ0) is 10.8. The lowest BCUT2D eigenvalue weighted by Crippen LogP contribution is -2.47. The van der Waals surface area contributed by atoms with Gasteiger partial charge in [0.2, 0.25) is 0 Å². The van der Waals surface area contributed by atoms with Crippen LogP contribution < -0.4 is 5.73 Å². The van der Waals surface area contributed by atoms with Crippen LogP contribution in [0.1, 0.15) is 12.8 Å². The predicted molar refractivity (Wildman–Crippen MR) is 49.5 cm³/mol. The Morgan fingerprint density at radius 3 is 2.07 bits per heavy atom. The molecule has 2 N–H and O–H groups in total. The van der Waals surface area contributed by atoms with Crippen LogP contribution in [0.4, 0.5) is 0 Å². The fourth-order valence-electron chi connectivity index (χ4n) is 1.76. The van der Waals surface area contributed by atoms with Gasteiger partial charge < -0.3 is 19.9 Å². The molecule has 1 rings (SSSR count). The first-order valence-corrected chi connectivity index (χ1v) is 4.51. The second-order valence-corrected chi connectivity index (χ2v) is 3.54. The topological polar surface area (TPSA) is 70.8 Å². The van der Waals surface area contributed by atoms with Crippen molar-refractivity contribution < 1.29 is 19.0 Å². The van der Waals surface area contributed by atoms with Crippen LogP contribution in [0.3, 0.4) is 0 Å². The number of methoxy groups -OCH3 is 3. The molecule has 1 fully saturated rings. The summed E-state index contributed by atoms with van der Waals surface area (Å²) in [5, 5.41) is 0. The minimum absolute atomic E-state index is 0.392. The van der Waals surface area contributed by atoms with Crippen LogP contribution in [-0.2, 0) is 19.0 Å². The van der Waals surface area contributed by atoms with Crippen LogP contribution in [0, 0.1) is 5.41 Å². The lowest BCUT2D eigenvalue weighted by Gasteiger charge is -2.27. The molecule has 0 heterocycles. The highest BCUT2D eigenvalue weighted by Gasteiger charge is 2.57. The number of hydrogen-bond donors (Lipinski definition) is 1. The van der Waals surface area contributed by atoms with Gasteiger partial charge in [0.1, 0.15) is 6.04 Å². The average Bonchev–Trinajstić information content (AvgIpc) is 2.99. The molecule has 0 radical (unpaired) electrons. The summed E-state index contributed by atoms with van der Waals surface area (Å²) in [5.41, 5.74) is 5.39. The van der Waals surface area contributed by atoms with Crippen molar-refractivity contribution in [3.63, 3.8) is 0 Å². The van der Waals surface area contributed by atoms with E-state index in [4.69, 9.17) is 15.2 Å². The van der Waals surface area contributed by atoms with Gasteiger partial charge >= 0.3 is 5.97 Å². The summed E-state index contributed by atoms with van der Waals surface area (Å²) >= 11 is 0. The molecule has 0 amide bonds. The van der Waals surface area contributed by atoms with Gasteiger partial charge in [-0.05, 0) is 12.8 Å². The van der Waals surface area contributed by atoms with Gasteiger partial charge in [-0.1, -0.05) is 0 Å². The summed E-state index contributed by atoms with van der Waals surface area (Å²) in [6.07, 6.45) is 1.22. The minimum Gasteiger partial charge on any atom is -0.468 e. The second kappa shape index (κ2) is 4.25. The van der Waals surface area contributed by atoms with Crippen molar-refractivity contribution >= 4 is 5.97 Å². The highest BCUT2D eigenvalue weighted by atomic mass is 16.7. The van der Waals surface area contributed by atoms with Gasteiger partial charge in [0, 0.05) is 19.6 Å². The molecule has 0 saturated heterocycles. The van der Waals surface area contributed by atoms with Gasteiger partial charge in [0.05, 0.1) is 7.11 Å². The highest BCUT2D eigenvalue weighted by Crippen LogP contribution is 2.52. The van der Waals surface area contributed by atoms with Crippen molar-refractivity contribution in [2.45, 2.75) is 25.2 Å². The van der Waals surface area contributed by atoms with Crippen LogP contribution in [0.5, 0.6) is 0 Å². The third-order valence-electron chi connectivity index (χ3n) is 2.80. The predicted octanol–water partition coefficient (Wildman–Crippen LogP) is -0.114. The van der Waals surface area contributed by atoms with E-state index >= 15 is 0 Å². The molecule has 0 aromatic rings. The summed E-state index contributed by atoms with van der Waals surface area (Å²) in [4.78, 5) is 11.3. The van der Waals surface area contributed by atoms with Gasteiger partial charge in [0.25, 0.3) is 0 Å². The van der Waals surface area contributed by atoms with Gasteiger partial charge in [-0.15, -0.1) is 0 Å². The second-order valence-electron chi connectivity index (χ2n) is 3.54. The van der Waals surface area contributed by atoms with Crippen LogP contribution >= 0.6 is 0 Å². The molecule has 1 saturated carbocycles. The Hall–Kier alpha value is -0.650. The molecule has 1 aliphatic rings. The lowest BCUT2D eigenvalue weighted by molar-refractivity contribution is -0.167. The van der Waals surface area contributed by atoms with Gasteiger partial charge in [0.15, 0.2) is 6.29 Å². The van der Waals surface area contributed by atoms with E-state index in [-0.39, 0.29) is 0 Å². The van der Waals surface area contributed by atoms with E-state index in [9.17, 15) is 4.79 Å². The third-order valence-corrected chi connectivity index (χ3v) is 2.80. The van der Waals surface area contributed by atoms with Crippen molar-refractivity contribution in [3.05, 3.63) is 0 Å². The molecule has 1 aliphatic carbocycles. The van der Waals surface area contributed by atoms with Crippen molar-refractivity contribution in [1.29, 1.82) is 0 Å². The summed E-state index contributed by atoms with van der Waals surface area (Å²) in [6, 6.07) is -0.669. The Labute approximate surface area is 83.5 Å². The number of nitrogens with two attached hydrogens (primary N) is 1. The molecule has 0 bridgehead atoms. The van der Waals surface area contributed by atoms with Crippen LogP contribution in [-0.4, -0.2) is 39.6 Å². The minimum atomic E-state index is -0.669. The molecule has 5 nitrogen and oxygen atoms in total. The molecule has 0 spiro atoms. The first kappa shape index (κ1) is 11.4. The number of rotatable bonds is 5. The van der Waals surface area contributed by atoms with Crippen molar-refractivity contribution in [2.75, 3.05) is 21.3 Å². The Balaban J connectivity index is 2.69.